The van der Waals surface area contributed by atoms with Crippen LogP contribution in [0.1, 0.15) is 12.5 Å². The first kappa shape index (κ1) is 25.3. The van der Waals surface area contributed by atoms with Crippen molar-refractivity contribution < 1.29 is 18.0 Å². The zero-order chi connectivity index (χ0) is 23.3. The van der Waals surface area contributed by atoms with Gasteiger partial charge in [0.1, 0.15) is 12.6 Å². The van der Waals surface area contributed by atoms with Gasteiger partial charge in [0.2, 0.25) is 21.8 Å². The number of carbonyl (C=O) groups is 2. The summed E-state index contributed by atoms with van der Waals surface area (Å²) < 4.78 is 25.8. The summed E-state index contributed by atoms with van der Waals surface area (Å²) in [5.41, 5.74) is 0.796. The fraction of sp³-hybridized carbons (Fsp3) is 0.300. The molecular weight excluding hydrogens is 485 g/mol. The normalized spacial score (nSPS) is 12.2. The Morgan fingerprint density at radius 1 is 1.03 bits per heavy atom. The first-order chi connectivity index (χ1) is 14.4. The standard InChI is InChI=1S/C20H22Cl3N3O4S/c1-13(20(28)24-2)25(11-14-4-6-15(21)7-5-14)19(27)12-26(31(3,29)30)18-10-16(22)8-9-17(18)23/h4-10,13H,11-12H2,1-3H3,(H,24,28)/t13-/m0/s1. The molecule has 0 saturated carbocycles. The monoisotopic (exact) mass is 505 g/mol. The van der Waals surface area contributed by atoms with Gasteiger partial charge in [0, 0.05) is 23.6 Å². The van der Waals surface area contributed by atoms with Gasteiger partial charge < -0.3 is 10.2 Å². The number of likely N-dealkylation sites (N-methyl/N-ethyl adjacent to an activating group) is 1. The highest BCUT2D eigenvalue weighted by atomic mass is 35.5. The van der Waals surface area contributed by atoms with Gasteiger partial charge in [-0.2, -0.15) is 0 Å². The summed E-state index contributed by atoms with van der Waals surface area (Å²) in [6, 6.07) is 10.2. The third-order valence-electron chi connectivity index (χ3n) is 4.54. The number of amides is 2. The quantitative estimate of drug-likeness (QED) is 0.593. The minimum absolute atomic E-state index is 0.0732. The third kappa shape index (κ3) is 6.74. The second-order valence-corrected chi connectivity index (χ2v) is 9.99. The zero-order valence-electron chi connectivity index (χ0n) is 17.1. The summed E-state index contributed by atoms with van der Waals surface area (Å²) in [6.45, 7) is 1.07. The van der Waals surface area contributed by atoms with Crippen molar-refractivity contribution in [2.75, 3.05) is 24.2 Å². The Bertz CT molecular complexity index is 1060. The number of hydrogen-bond donors (Lipinski definition) is 1. The van der Waals surface area contributed by atoms with Crippen LogP contribution in [0.2, 0.25) is 15.1 Å². The summed E-state index contributed by atoms with van der Waals surface area (Å²) in [7, 11) is -2.43. The summed E-state index contributed by atoms with van der Waals surface area (Å²) >= 11 is 18.1. The van der Waals surface area contributed by atoms with Crippen LogP contribution in [0.3, 0.4) is 0 Å². The van der Waals surface area contributed by atoms with E-state index < -0.39 is 34.4 Å². The first-order valence-corrected chi connectivity index (χ1v) is 12.1. The molecule has 31 heavy (non-hydrogen) atoms. The predicted octanol–water partition coefficient (Wildman–Crippen LogP) is 3.58. The van der Waals surface area contributed by atoms with E-state index in [4.69, 9.17) is 34.8 Å². The zero-order valence-corrected chi connectivity index (χ0v) is 20.2. The second-order valence-electron chi connectivity index (χ2n) is 6.80. The molecule has 0 bridgehead atoms. The molecule has 0 aliphatic carbocycles. The van der Waals surface area contributed by atoms with E-state index in [0.29, 0.717) is 5.02 Å². The van der Waals surface area contributed by atoms with Gasteiger partial charge in [0.25, 0.3) is 0 Å². The van der Waals surface area contributed by atoms with Gasteiger partial charge in [-0.3, -0.25) is 13.9 Å². The van der Waals surface area contributed by atoms with E-state index in [2.05, 4.69) is 5.32 Å². The molecule has 0 spiro atoms. The van der Waals surface area contributed by atoms with Crippen LogP contribution in [-0.4, -0.2) is 51.0 Å². The van der Waals surface area contributed by atoms with Gasteiger partial charge in [-0.15, -0.1) is 0 Å². The van der Waals surface area contributed by atoms with E-state index in [1.165, 1.54) is 30.1 Å². The van der Waals surface area contributed by atoms with E-state index in [-0.39, 0.29) is 22.3 Å². The van der Waals surface area contributed by atoms with Crippen molar-refractivity contribution in [1.29, 1.82) is 0 Å². The topological polar surface area (TPSA) is 86.8 Å². The number of carbonyl (C=O) groups excluding carboxylic acids is 2. The molecule has 2 rings (SSSR count). The number of hydrogen-bond acceptors (Lipinski definition) is 4. The molecular formula is C20H22Cl3N3O4S. The number of benzene rings is 2. The van der Waals surface area contributed by atoms with E-state index >= 15 is 0 Å². The molecule has 7 nitrogen and oxygen atoms in total. The summed E-state index contributed by atoms with van der Waals surface area (Å²) in [6.07, 6.45) is 0.962. The number of nitrogens with one attached hydrogen (secondary N) is 1. The molecule has 2 aromatic carbocycles. The van der Waals surface area contributed by atoms with Crippen molar-refractivity contribution in [1.82, 2.24) is 10.2 Å². The molecule has 2 aromatic rings. The smallest absolute Gasteiger partial charge is 0.244 e. The fourth-order valence-corrected chi connectivity index (χ4v) is 4.27. The Labute approximate surface area is 196 Å². The lowest BCUT2D eigenvalue weighted by molar-refractivity contribution is -0.139. The van der Waals surface area contributed by atoms with Crippen molar-refractivity contribution in [2.24, 2.45) is 0 Å². The molecule has 0 aliphatic rings. The van der Waals surface area contributed by atoms with Crippen molar-refractivity contribution in [3.8, 4) is 0 Å². The molecule has 0 saturated heterocycles. The summed E-state index contributed by atoms with van der Waals surface area (Å²) in [5.74, 6) is -0.985. The average molecular weight is 507 g/mol. The maximum Gasteiger partial charge on any atom is 0.244 e. The van der Waals surface area contributed by atoms with Gasteiger partial charge in [0.15, 0.2) is 0 Å². The van der Waals surface area contributed by atoms with Crippen LogP contribution in [0.4, 0.5) is 5.69 Å². The molecule has 1 atom stereocenters. The maximum absolute atomic E-state index is 13.2. The van der Waals surface area contributed by atoms with Gasteiger partial charge in [-0.1, -0.05) is 46.9 Å². The number of rotatable bonds is 8. The lowest BCUT2D eigenvalue weighted by atomic mass is 10.1. The molecule has 0 heterocycles. The molecule has 11 heteroatoms. The van der Waals surface area contributed by atoms with Gasteiger partial charge in [-0.25, -0.2) is 8.42 Å². The van der Waals surface area contributed by atoms with Crippen LogP contribution in [0.25, 0.3) is 0 Å². The van der Waals surface area contributed by atoms with Crippen molar-refractivity contribution in [3.05, 3.63) is 63.1 Å². The lowest BCUT2D eigenvalue weighted by Crippen LogP contribution is -2.50. The predicted molar refractivity (Wildman–Crippen MR) is 124 cm³/mol. The summed E-state index contributed by atoms with van der Waals surface area (Å²) in [5, 5.41) is 3.41. The van der Waals surface area contributed by atoms with E-state index in [1.54, 1.807) is 31.2 Å². The third-order valence-corrected chi connectivity index (χ3v) is 6.47. The average Bonchev–Trinajstić information content (AvgIpc) is 2.71. The number of anilines is 1. The molecule has 0 radical (unpaired) electrons. The number of halogens is 3. The molecule has 1 N–H and O–H groups in total. The Morgan fingerprint density at radius 3 is 2.16 bits per heavy atom. The van der Waals surface area contributed by atoms with E-state index in [1.807, 2.05) is 0 Å². The molecule has 168 valence electrons. The van der Waals surface area contributed by atoms with Gasteiger partial charge in [0.05, 0.1) is 17.0 Å². The summed E-state index contributed by atoms with van der Waals surface area (Å²) in [4.78, 5) is 26.8. The molecule has 0 fully saturated rings. The Hall–Kier alpha value is -2.00. The van der Waals surface area contributed by atoms with Gasteiger partial charge in [-0.05, 0) is 42.8 Å². The first-order valence-electron chi connectivity index (χ1n) is 9.12. The molecule has 2 amide bonds. The maximum atomic E-state index is 13.2. The number of sulfonamides is 1. The van der Waals surface area contributed by atoms with Crippen molar-refractivity contribution >= 4 is 62.3 Å². The molecule has 0 aliphatic heterocycles. The minimum atomic E-state index is -3.89. The van der Waals surface area contributed by atoms with Crippen LogP contribution in [0.15, 0.2) is 42.5 Å². The van der Waals surface area contributed by atoms with Crippen molar-refractivity contribution in [3.63, 3.8) is 0 Å². The highest BCUT2D eigenvalue weighted by Gasteiger charge is 2.30. The SMILES string of the molecule is CNC(=O)[C@H](C)N(Cc1ccc(Cl)cc1)C(=O)CN(c1cc(Cl)ccc1Cl)S(C)(=O)=O. The van der Waals surface area contributed by atoms with Crippen LogP contribution in [0, 0.1) is 0 Å². The molecule has 0 unspecified atom stereocenters. The van der Waals surface area contributed by atoms with Crippen LogP contribution < -0.4 is 9.62 Å². The van der Waals surface area contributed by atoms with Gasteiger partial charge >= 0.3 is 0 Å². The Balaban J connectivity index is 2.42. The second kappa shape index (κ2) is 10.5. The molecule has 0 aromatic heterocycles. The fourth-order valence-electron chi connectivity index (χ4n) is 2.85. The van der Waals surface area contributed by atoms with Crippen LogP contribution in [-0.2, 0) is 26.2 Å². The van der Waals surface area contributed by atoms with E-state index in [9.17, 15) is 18.0 Å². The Morgan fingerprint density at radius 2 is 1.61 bits per heavy atom. The lowest BCUT2D eigenvalue weighted by Gasteiger charge is -2.31. The Kier molecular flexibility index (Phi) is 8.59. The number of nitrogens with zero attached hydrogens (tertiary/aromatic N) is 2. The van der Waals surface area contributed by atoms with E-state index in [0.717, 1.165) is 16.1 Å². The highest BCUT2D eigenvalue weighted by Crippen LogP contribution is 2.31. The van der Waals surface area contributed by atoms with Crippen LogP contribution >= 0.6 is 34.8 Å². The van der Waals surface area contributed by atoms with Crippen LogP contribution in [0.5, 0.6) is 0 Å². The minimum Gasteiger partial charge on any atom is -0.357 e. The van der Waals surface area contributed by atoms with Crippen molar-refractivity contribution in [2.45, 2.75) is 19.5 Å². The highest BCUT2D eigenvalue weighted by molar-refractivity contribution is 7.92. The largest absolute Gasteiger partial charge is 0.357 e.